The zero-order valence-corrected chi connectivity index (χ0v) is 19.2. The van der Waals surface area contributed by atoms with Crippen LogP contribution in [0.3, 0.4) is 0 Å². The molecule has 1 unspecified atom stereocenters. The van der Waals surface area contributed by atoms with E-state index in [1.165, 1.54) is 4.90 Å². The quantitative estimate of drug-likeness (QED) is 0.490. The number of nitrogens with zero attached hydrogens (tertiary/aromatic N) is 2. The lowest BCUT2D eigenvalue weighted by Gasteiger charge is -2.40. The van der Waals surface area contributed by atoms with Crippen LogP contribution in [0.15, 0.2) is 24.3 Å². The first-order chi connectivity index (χ1) is 15.4. The highest BCUT2D eigenvalue weighted by molar-refractivity contribution is 5.99. The van der Waals surface area contributed by atoms with E-state index in [9.17, 15) is 19.5 Å². The van der Waals surface area contributed by atoms with E-state index in [1.54, 1.807) is 11.8 Å². The number of hydrogen-bond donors (Lipinski definition) is 1. The number of unbranched alkanes of at least 4 members (excludes halogenated alkanes) is 1. The second kappa shape index (κ2) is 8.63. The predicted molar refractivity (Wildman–Crippen MR) is 116 cm³/mol. The maximum absolute atomic E-state index is 13.9. The lowest BCUT2D eigenvalue weighted by atomic mass is 9.73. The van der Waals surface area contributed by atoms with E-state index in [1.807, 2.05) is 31.2 Å². The Labute approximate surface area is 189 Å². The number of rotatable bonds is 6. The zero-order chi connectivity index (χ0) is 23.1. The minimum atomic E-state index is -1.28. The molecule has 0 saturated carbocycles. The van der Waals surface area contributed by atoms with Gasteiger partial charge in [-0.05, 0) is 26.2 Å². The van der Waals surface area contributed by atoms with Crippen molar-refractivity contribution in [3.63, 3.8) is 0 Å². The second-order valence-corrected chi connectivity index (χ2v) is 9.30. The van der Waals surface area contributed by atoms with Crippen LogP contribution in [0.2, 0.25) is 0 Å². The molecule has 176 valence electrons. The molecule has 32 heavy (non-hydrogen) atoms. The third-order valence-electron chi connectivity index (χ3n) is 7.44. The van der Waals surface area contributed by atoms with Crippen LogP contribution in [-0.4, -0.2) is 82.3 Å². The molecule has 0 aromatic heterocycles. The van der Waals surface area contributed by atoms with E-state index < -0.39 is 41.1 Å². The number of likely N-dealkylation sites (tertiary alicyclic amines) is 1. The van der Waals surface area contributed by atoms with E-state index >= 15 is 0 Å². The smallest absolute Gasteiger partial charge is 0.313 e. The van der Waals surface area contributed by atoms with Crippen LogP contribution in [0.4, 0.5) is 0 Å². The minimum Gasteiger partial charge on any atom is -0.465 e. The van der Waals surface area contributed by atoms with Crippen LogP contribution in [0.1, 0.15) is 46.5 Å². The van der Waals surface area contributed by atoms with Crippen LogP contribution in [-0.2, 0) is 23.9 Å². The van der Waals surface area contributed by atoms with Crippen molar-refractivity contribution in [3.8, 4) is 0 Å². The summed E-state index contributed by atoms with van der Waals surface area (Å²) in [5.74, 6) is -2.73. The van der Waals surface area contributed by atoms with Crippen molar-refractivity contribution in [2.24, 2.45) is 11.8 Å². The molecular weight excluding hydrogens is 412 g/mol. The minimum absolute atomic E-state index is 0.197. The van der Waals surface area contributed by atoms with Crippen molar-refractivity contribution in [1.29, 1.82) is 0 Å². The highest BCUT2D eigenvalue weighted by Crippen LogP contribution is 2.58. The third-order valence-corrected chi connectivity index (χ3v) is 7.44. The lowest BCUT2D eigenvalue weighted by molar-refractivity contribution is -0.163. The summed E-state index contributed by atoms with van der Waals surface area (Å²) < 4.78 is 12.3. The van der Waals surface area contributed by atoms with Gasteiger partial charge >= 0.3 is 5.97 Å². The summed E-state index contributed by atoms with van der Waals surface area (Å²) in [7, 11) is 0. The van der Waals surface area contributed by atoms with Crippen molar-refractivity contribution < 1.29 is 29.0 Å². The maximum Gasteiger partial charge on any atom is 0.313 e. The molecule has 0 aliphatic carbocycles. The van der Waals surface area contributed by atoms with E-state index in [0.29, 0.717) is 25.9 Å². The topological polar surface area (TPSA) is 96.4 Å². The van der Waals surface area contributed by atoms with Gasteiger partial charge in [0.2, 0.25) is 11.8 Å². The number of ether oxygens (including phenoxy) is 2. The van der Waals surface area contributed by atoms with Gasteiger partial charge in [-0.25, -0.2) is 0 Å². The number of aliphatic hydroxyl groups is 1. The first kappa shape index (κ1) is 23.0. The molecule has 0 aromatic carbocycles. The molecule has 4 aliphatic heterocycles. The Morgan fingerprint density at radius 1 is 1.16 bits per heavy atom. The summed E-state index contributed by atoms with van der Waals surface area (Å²) in [6, 6.07) is -1.52. The third kappa shape index (κ3) is 3.22. The van der Waals surface area contributed by atoms with Crippen molar-refractivity contribution in [1.82, 2.24) is 9.80 Å². The van der Waals surface area contributed by atoms with Crippen molar-refractivity contribution >= 4 is 17.8 Å². The van der Waals surface area contributed by atoms with Gasteiger partial charge < -0.3 is 24.4 Å². The predicted octanol–water partition coefficient (Wildman–Crippen LogP) is 1.43. The van der Waals surface area contributed by atoms with Crippen molar-refractivity contribution in [3.05, 3.63) is 24.3 Å². The molecule has 4 rings (SSSR count). The fraction of sp³-hybridized carbons (Fsp3) is 0.708. The Morgan fingerprint density at radius 2 is 1.94 bits per heavy atom. The molecule has 8 nitrogen and oxygen atoms in total. The zero-order valence-electron chi connectivity index (χ0n) is 19.2. The summed E-state index contributed by atoms with van der Waals surface area (Å²) in [5, 5.41) is 9.91. The fourth-order valence-corrected chi connectivity index (χ4v) is 5.83. The van der Waals surface area contributed by atoms with Crippen LogP contribution in [0, 0.1) is 11.8 Å². The standard InChI is InChI=1S/C24H34N2O6/c1-4-6-12-25-13-9-11-24-17(20(28)26(16(3)15-27)19(24)21(25)29)18-22(30)31-14-8-7-10-23(18,5-2)32-24/h7,9-11,16-19,27H,4-6,8,12-15H2,1-3H3/t16-,17+,18-,19?,23+,24+/m1/s1. The maximum atomic E-state index is 13.9. The Balaban J connectivity index is 1.88. The molecule has 0 aromatic rings. The van der Waals surface area contributed by atoms with Gasteiger partial charge in [0.1, 0.15) is 23.2 Å². The molecule has 1 spiro atoms. The molecule has 8 heteroatoms. The van der Waals surface area contributed by atoms with Gasteiger partial charge in [-0.2, -0.15) is 0 Å². The Hall–Kier alpha value is -2.19. The van der Waals surface area contributed by atoms with Gasteiger partial charge in [0.15, 0.2) is 0 Å². The molecule has 4 aliphatic rings. The highest BCUT2D eigenvalue weighted by Gasteiger charge is 2.75. The summed E-state index contributed by atoms with van der Waals surface area (Å²) in [6.07, 6.45) is 10.4. The first-order valence-corrected chi connectivity index (χ1v) is 11.8. The second-order valence-electron chi connectivity index (χ2n) is 9.30. The lowest BCUT2D eigenvalue weighted by Crippen LogP contribution is -2.58. The van der Waals surface area contributed by atoms with E-state index in [0.717, 1.165) is 12.8 Å². The molecule has 1 N–H and O–H groups in total. The average Bonchev–Trinajstić information content (AvgIpc) is 3.14. The summed E-state index contributed by atoms with van der Waals surface area (Å²) in [6.45, 7) is 6.67. The van der Waals surface area contributed by atoms with Crippen LogP contribution >= 0.6 is 0 Å². The largest absolute Gasteiger partial charge is 0.465 e. The van der Waals surface area contributed by atoms with Gasteiger partial charge in [-0.15, -0.1) is 0 Å². The number of carbonyl (C=O) groups excluding carboxylic acids is 3. The molecule has 0 bridgehead atoms. The van der Waals surface area contributed by atoms with Gasteiger partial charge in [0.05, 0.1) is 25.2 Å². The number of carbonyl (C=O) groups is 3. The number of aliphatic hydroxyl groups excluding tert-OH is 1. The fourth-order valence-electron chi connectivity index (χ4n) is 5.83. The SMILES string of the molecule is CCCCN1CC=C[C@]23O[C@@]4(CC)C=CCCOC(=O)[C@H]4[C@H]2C(=O)N([C@H](C)CO)C3C1=O. The molecule has 0 radical (unpaired) electrons. The Morgan fingerprint density at radius 3 is 2.62 bits per heavy atom. The van der Waals surface area contributed by atoms with Gasteiger partial charge in [-0.3, -0.25) is 14.4 Å². The first-order valence-electron chi connectivity index (χ1n) is 11.8. The van der Waals surface area contributed by atoms with E-state index in [2.05, 4.69) is 6.92 Å². The van der Waals surface area contributed by atoms with Gasteiger partial charge in [0.25, 0.3) is 0 Å². The highest BCUT2D eigenvalue weighted by atomic mass is 16.6. The van der Waals surface area contributed by atoms with Crippen molar-refractivity contribution in [2.45, 2.75) is 69.7 Å². The molecule has 2 fully saturated rings. The summed E-state index contributed by atoms with van der Waals surface area (Å²) in [5.41, 5.74) is -2.30. The number of cyclic esters (lactones) is 1. The van der Waals surface area contributed by atoms with E-state index in [-0.39, 0.29) is 25.0 Å². The molecule has 2 saturated heterocycles. The van der Waals surface area contributed by atoms with Crippen LogP contribution in [0.25, 0.3) is 0 Å². The van der Waals surface area contributed by atoms with Gasteiger partial charge in [0, 0.05) is 13.1 Å². The van der Waals surface area contributed by atoms with Crippen LogP contribution in [0.5, 0.6) is 0 Å². The van der Waals surface area contributed by atoms with Crippen LogP contribution < -0.4 is 0 Å². The number of hydrogen-bond acceptors (Lipinski definition) is 6. The Kier molecular flexibility index (Phi) is 6.20. The van der Waals surface area contributed by atoms with Gasteiger partial charge in [-0.1, -0.05) is 44.6 Å². The van der Waals surface area contributed by atoms with Crippen molar-refractivity contribution in [2.75, 3.05) is 26.3 Å². The molecule has 4 heterocycles. The van der Waals surface area contributed by atoms with E-state index in [4.69, 9.17) is 9.47 Å². The number of fused-ring (bicyclic) bond motifs is 2. The summed E-state index contributed by atoms with van der Waals surface area (Å²) >= 11 is 0. The molecule has 6 atom stereocenters. The average molecular weight is 447 g/mol. The number of amides is 2. The molecular formula is C24H34N2O6. The molecule has 2 amide bonds. The number of esters is 1. The summed E-state index contributed by atoms with van der Waals surface area (Å²) in [4.78, 5) is 44.2. The Bertz CT molecular complexity index is 840. The normalized spacial score (nSPS) is 37.4. The monoisotopic (exact) mass is 446 g/mol.